The predicted molar refractivity (Wildman–Crippen MR) is 157 cm³/mol. The number of hydrogen-bond donors (Lipinski definition) is 2. The van der Waals surface area contributed by atoms with Crippen LogP contribution in [0.15, 0.2) is 72.9 Å². The molecule has 1 heterocycles. The number of aromatic nitrogens is 1. The SMILES string of the molecule is C/C=C/C(Oc1ccc(/C=C/c2cccc3c(CCCC(=O)O)cn(CC(=O)O)c23)cc1)Oc1c(F)ccc(F)c1Cl. The van der Waals surface area contributed by atoms with Crippen molar-refractivity contribution in [3.63, 3.8) is 0 Å². The van der Waals surface area contributed by atoms with E-state index in [1.54, 1.807) is 48.0 Å². The van der Waals surface area contributed by atoms with Gasteiger partial charge in [-0.05, 0) is 66.8 Å². The maximum absolute atomic E-state index is 14.2. The van der Waals surface area contributed by atoms with Gasteiger partial charge in [0.25, 0.3) is 6.29 Å². The molecule has 0 aliphatic heterocycles. The molecule has 0 radical (unpaired) electrons. The fourth-order valence-electron chi connectivity index (χ4n) is 4.47. The van der Waals surface area contributed by atoms with E-state index in [9.17, 15) is 23.5 Å². The summed E-state index contributed by atoms with van der Waals surface area (Å²) in [5.74, 6) is -3.54. The minimum Gasteiger partial charge on any atom is -0.481 e. The highest BCUT2D eigenvalue weighted by atomic mass is 35.5. The van der Waals surface area contributed by atoms with Gasteiger partial charge in [-0.25, -0.2) is 8.78 Å². The molecule has 0 spiro atoms. The Morgan fingerprint density at radius 1 is 0.976 bits per heavy atom. The molecule has 4 rings (SSSR count). The predicted octanol–water partition coefficient (Wildman–Crippen LogP) is 7.60. The molecule has 218 valence electrons. The monoisotopic (exact) mass is 595 g/mol. The zero-order valence-electron chi connectivity index (χ0n) is 22.6. The number of aliphatic carboxylic acids is 2. The number of ether oxygens (including phenoxy) is 2. The molecule has 4 aromatic rings. The molecule has 2 N–H and O–H groups in total. The highest BCUT2D eigenvalue weighted by Gasteiger charge is 2.18. The Hall–Kier alpha value is -4.63. The molecule has 0 amide bonds. The molecule has 1 unspecified atom stereocenters. The van der Waals surface area contributed by atoms with Gasteiger partial charge < -0.3 is 24.3 Å². The number of allylic oxidation sites excluding steroid dienone is 1. The maximum Gasteiger partial charge on any atom is 0.323 e. The van der Waals surface area contributed by atoms with Crippen molar-refractivity contribution < 1.29 is 38.1 Å². The van der Waals surface area contributed by atoms with Crippen LogP contribution in [0.25, 0.3) is 23.1 Å². The minimum atomic E-state index is -1.07. The number of carboxylic acid groups (broad SMARTS) is 2. The van der Waals surface area contributed by atoms with Gasteiger partial charge in [0, 0.05) is 18.0 Å². The fourth-order valence-corrected chi connectivity index (χ4v) is 4.67. The van der Waals surface area contributed by atoms with E-state index < -0.39 is 40.6 Å². The molecule has 0 saturated carbocycles. The van der Waals surface area contributed by atoms with Crippen molar-refractivity contribution in [3.05, 3.63) is 106 Å². The number of rotatable bonds is 13. The molecule has 0 saturated heterocycles. The number of halogens is 3. The highest BCUT2D eigenvalue weighted by molar-refractivity contribution is 6.32. The average Bonchev–Trinajstić information content (AvgIpc) is 3.29. The topological polar surface area (TPSA) is 98.0 Å². The molecule has 0 bridgehead atoms. The molecule has 1 atom stereocenters. The Kier molecular flexibility index (Phi) is 9.98. The lowest BCUT2D eigenvalue weighted by atomic mass is 10.0. The van der Waals surface area contributed by atoms with Gasteiger partial charge in [-0.15, -0.1) is 0 Å². The normalized spacial score (nSPS) is 12.3. The van der Waals surface area contributed by atoms with E-state index in [0.29, 0.717) is 18.6 Å². The molecule has 0 fully saturated rings. The van der Waals surface area contributed by atoms with Crippen LogP contribution in [-0.2, 0) is 22.6 Å². The second-order valence-electron chi connectivity index (χ2n) is 9.37. The van der Waals surface area contributed by atoms with Crippen LogP contribution in [-0.4, -0.2) is 33.0 Å². The summed E-state index contributed by atoms with van der Waals surface area (Å²) >= 11 is 5.88. The Labute approximate surface area is 245 Å². The van der Waals surface area contributed by atoms with Gasteiger partial charge in [0.05, 0.1) is 5.52 Å². The lowest BCUT2D eigenvalue weighted by molar-refractivity contribution is -0.138. The summed E-state index contributed by atoms with van der Waals surface area (Å²) in [7, 11) is 0. The average molecular weight is 596 g/mol. The number of benzene rings is 3. The Morgan fingerprint density at radius 3 is 2.40 bits per heavy atom. The summed E-state index contributed by atoms with van der Waals surface area (Å²) in [5.41, 5.74) is 3.26. The van der Waals surface area contributed by atoms with E-state index in [-0.39, 0.29) is 13.0 Å². The first-order chi connectivity index (χ1) is 20.2. The second kappa shape index (κ2) is 13.8. The van der Waals surface area contributed by atoms with Gasteiger partial charge >= 0.3 is 11.9 Å². The van der Waals surface area contributed by atoms with Crippen LogP contribution in [0.4, 0.5) is 8.78 Å². The van der Waals surface area contributed by atoms with Crippen molar-refractivity contribution in [2.75, 3.05) is 0 Å². The molecule has 0 aliphatic carbocycles. The molecule has 42 heavy (non-hydrogen) atoms. The molecule has 1 aromatic heterocycles. The number of nitrogens with zero attached hydrogens (tertiary/aromatic N) is 1. The molecular weight excluding hydrogens is 568 g/mol. The summed E-state index contributed by atoms with van der Waals surface area (Å²) in [6.07, 6.45) is 8.59. The smallest absolute Gasteiger partial charge is 0.323 e. The van der Waals surface area contributed by atoms with Crippen LogP contribution >= 0.6 is 11.6 Å². The Balaban J connectivity index is 1.54. The third-order valence-electron chi connectivity index (χ3n) is 6.33. The maximum atomic E-state index is 14.2. The van der Waals surface area contributed by atoms with E-state index in [2.05, 4.69) is 0 Å². The standard InChI is InChI=1S/C32H28ClF2NO6/c1-2-5-29(42-32-26(35)17-16-25(34)30(32)33)41-23-14-11-20(12-15-23)10-13-21-6-3-8-24-22(7-4-9-27(37)38)18-36(31(21)24)19-28(39)40/h2-3,5-6,8,10-18,29H,4,7,9,19H2,1H3,(H,37,38)(H,39,40)/b5-2+,13-10+. The summed E-state index contributed by atoms with van der Waals surface area (Å²) in [6, 6.07) is 14.5. The van der Waals surface area contributed by atoms with Gasteiger partial charge in [-0.3, -0.25) is 9.59 Å². The van der Waals surface area contributed by atoms with Crippen LogP contribution in [0.1, 0.15) is 36.5 Å². The zero-order chi connectivity index (χ0) is 30.2. The highest BCUT2D eigenvalue weighted by Crippen LogP contribution is 2.32. The first-order valence-corrected chi connectivity index (χ1v) is 13.5. The van der Waals surface area contributed by atoms with Gasteiger partial charge in [-0.2, -0.15) is 0 Å². The third-order valence-corrected chi connectivity index (χ3v) is 6.68. The van der Waals surface area contributed by atoms with Crippen molar-refractivity contribution in [2.24, 2.45) is 0 Å². The zero-order valence-corrected chi connectivity index (χ0v) is 23.4. The second-order valence-corrected chi connectivity index (χ2v) is 9.75. The quantitative estimate of drug-likeness (QED) is 0.0715. The molecule has 10 heteroatoms. The fraction of sp³-hybridized carbons (Fsp3) is 0.188. The minimum absolute atomic E-state index is 0.0297. The van der Waals surface area contributed by atoms with Crippen LogP contribution in [0.3, 0.4) is 0 Å². The Morgan fingerprint density at radius 2 is 1.71 bits per heavy atom. The molecular formula is C32H28ClF2NO6. The van der Waals surface area contributed by atoms with Crippen molar-refractivity contribution >= 4 is 46.6 Å². The molecule has 3 aromatic carbocycles. The van der Waals surface area contributed by atoms with E-state index in [1.807, 2.05) is 30.4 Å². The van der Waals surface area contributed by atoms with Gasteiger partial charge in [0.2, 0.25) is 0 Å². The first kappa shape index (κ1) is 30.3. The number of hydrogen-bond acceptors (Lipinski definition) is 4. The molecule has 7 nitrogen and oxygen atoms in total. The largest absolute Gasteiger partial charge is 0.481 e. The van der Waals surface area contributed by atoms with Crippen LogP contribution in [0.5, 0.6) is 11.5 Å². The van der Waals surface area contributed by atoms with E-state index in [0.717, 1.165) is 39.7 Å². The van der Waals surface area contributed by atoms with Crippen LogP contribution < -0.4 is 9.47 Å². The van der Waals surface area contributed by atoms with E-state index in [1.165, 1.54) is 6.08 Å². The van der Waals surface area contributed by atoms with E-state index in [4.69, 9.17) is 26.2 Å². The van der Waals surface area contributed by atoms with Gasteiger partial charge in [0.1, 0.15) is 23.1 Å². The van der Waals surface area contributed by atoms with Crippen LogP contribution in [0.2, 0.25) is 5.02 Å². The number of carbonyl (C=O) groups is 2. The van der Waals surface area contributed by atoms with Crippen molar-refractivity contribution in [2.45, 2.75) is 39.0 Å². The summed E-state index contributed by atoms with van der Waals surface area (Å²) in [5, 5.41) is 18.8. The number of aryl methyl sites for hydroxylation is 1. The van der Waals surface area contributed by atoms with Gasteiger partial charge in [0.15, 0.2) is 11.6 Å². The van der Waals surface area contributed by atoms with Crippen molar-refractivity contribution in [3.8, 4) is 11.5 Å². The van der Waals surface area contributed by atoms with Crippen molar-refractivity contribution in [1.29, 1.82) is 0 Å². The van der Waals surface area contributed by atoms with E-state index >= 15 is 0 Å². The first-order valence-electron chi connectivity index (χ1n) is 13.1. The third kappa shape index (κ3) is 7.55. The lowest BCUT2D eigenvalue weighted by Crippen LogP contribution is -2.22. The Bertz CT molecular complexity index is 1650. The summed E-state index contributed by atoms with van der Waals surface area (Å²) in [6.45, 7) is 1.50. The summed E-state index contributed by atoms with van der Waals surface area (Å²) in [4.78, 5) is 22.5. The lowest BCUT2D eigenvalue weighted by Gasteiger charge is -2.19. The number of fused-ring (bicyclic) bond motifs is 1. The molecule has 0 aliphatic rings. The summed E-state index contributed by atoms with van der Waals surface area (Å²) < 4.78 is 41.0. The van der Waals surface area contributed by atoms with Gasteiger partial charge in [-0.1, -0.05) is 60.2 Å². The number of carboxylic acids is 2. The van der Waals surface area contributed by atoms with Crippen LogP contribution in [0, 0.1) is 11.6 Å². The van der Waals surface area contributed by atoms with Crippen molar-refractivity contribution in [1.82, 2.24) is 4.57 Å². The number of para-hydroxylation sites is 1.